The molecule has 0 saturated carbocycles. The second kappa shape index (κ2) is 6.54. The van der Waals surface area contributed by atoms with Crippen molar-refractivity contribution in [3.8, 4) is 5.75 Å². The largest absolute Gasteiger partial charge is 0.497 e. The first kappa shape index (κ1) is 14.6. The van der Waals surface area contributed by atoms with Crippen LogP contribution in [0.4, 0.5) is 0 Å². The van der Waals surface area contributed by atoms with Crippen LogP contribution in [0.3, 0.4) is 0 Å². The molecule has 0 fully saturated rings. The molecule has 2 unspecified atom stereocenters. The summed E-state index contributed by atoms with van der Waals surface area (Å²) >= 11 is 1.48. The summed E-state index contributed by atoms with van der Waals surface area (Å²) in [6.45, 7) is 1.93. The number of carbonyl (C=O) groups excluding carboxylic acids is 1. The van der Waals surface area contributed by atoms with Crippen LogP contribution in [-0.2, 0) is 4.79 Å². The third-order valence-electron chi connectivity index (χ3n) is 3.11. The van der Waals surface area contributed by atoms with Crippen molar-refractivity contribution in [3.63, 3.8) is 0 Å². The Hall–Kier alpha value is -1.85. The number of nitrogens with one attached hydrogen (secondary N) is 1. The molecule has 0 bridgehead atoms. The van der Waals surface area contributed by atoms with Crippen LogP contribution in [-0.4, -0.2) is 13.0 Å². The highest BCUT2D eigenvalue weighted by Gasteiger charge is 2.19. The number of amides is 1. The molecule has 0 aliphatic rings. The lowest BCUT2D eigenvalue weighted by molar-refractivity contribution is -0.123. The normalized spacial score (nSPS) is 13.6. The van der Waals surface area contributed by atoms with Gasteiger partial charge in [-0.25, -0.2) is 0 Å². The van der Waals surface area contributed by atoms with E-state index in [-0.39, 0.29) is 11.9 Å². The first-order valence-electron chi connectivity index (χ1n) is 6.35. The standard InChI is InChI=1S/C15H18N2O2S/c1-10(11-5-7-12(19-2)8-6-11)17-15(18)14(16)13-4-3-9-20-13/h3-10,14H,16H2,1-2H3,(H,17,18). The Bertz CT molecular complexity index is 552. The van der Waals surface area contributed by atoms with E-state index < -0.39 is 6.04 Å². The minimum atomic E-state index is -0.615. The van der Waals surface area contributed by atoms with E-state index in [9.17, 15) is 4.79 Å². The van der Waals surface area contributed by atoms with E-state index >= 15 is 0 Å². The molecule has 20 heavy (non-hydrogen) atoms. The third kappa shape index (κ3) is 3.37. The topological polar surface area (TPSA) is 64.3 Å². The van der Waals surface area contributed by atoms with Crippen molar-refractivity contribution in [2.24, 2.45) is 5.73 Å². The highest BCUT2D eigenvalue weighted by Crippen LogP contribution is 2.20. The van der Waals surface area contributed by atoms with E-state index in [1.165, 1.54) is 11.3 Å². The van der Waals surface area contributed by atoms with Gasteiger partial charge in [-0.15, -0.1) is 11.3 Å². The maximum Gasteiger partial charge on any atom is 0.242 e. The summed E-state index contributed by atoms with van der Waals surface area (Å²) in [6, 6.07) is 10.7. The molecule has 1 aromatic carbocycles. The predicted octanol–water partition coefficient (Wildman–Crippen LogP) is 2.63. The zero-order chi connectivity index (χ0) is 14.5. The lowest BCUT2D eigenvalue weighted by Gasteiger charge is -2.17. The molecule has 2 aromatic rings. The fraction of sp³-hybridized carbons (Fsp3) is 0.267. The first-order chi connectivity index (χ1) is 9.61. The molecule has 3 N–H and O–H groups in total. The van der Waals surface area contributed by atoms with Crippen molar-refractivity contribution in [1.29, 1.82) is 0 Å². The van der Waals surface area contributed by atoms with Crippen LogP contribution >= 0.6 is 11.3 Å². The Morgan fingerprint density at radius 3 is 2.55 bits per heavy atom. The maximum atomic E-state index is 12.1. The first-order valence-corrected chi connectivity index (χ1v) is 7.23. The van der Waals surface area contributed by atoms with E-state index in [0.29, 0.717) is 0 Å². The van der Waals surface area contributed by atoms with Crippen LogP contribution in [0.1, 0.15) is 29.4 Å². The van der Waals surface area contributed by atoms with Crippen LogP contribution in [0, 0.1) is 0 Å². The summed E-state index contributed by atoms with van der Waals surface area (Å²) in [4.78, 5) is 13.0. The van der Waals surface area contributed by atoms with Gasteiger partial charge in [0.25, 0.3) is 0 Å². The second-order valence-electron chi connectivity index (χ2n) is 4.50. The molecular formula is C15H18N2O2S. The number of nitrogens with two attached hydrogens (primary N) is 1. The molecule has 2 rings (SSSR count). The summed E-state index contributed by atoms with van der Waals surface area (Å²) in [6.07, 6.45) is 0. The van der Waals surface area contributed by atoms with Gasteiger partial charge in [0.05, 0.1) is 13.2 Å². The van der Waals surface area contributed by atoms with Gasteiger partial charge in [-0.3, -0.25) is 4.79 Å². The van der Waals surface area contributed by atoms with E-state index in [4.69, 9.17) is 10.5 Å². The van der Waals surface area contributed by atoms with Gasteiger partial charge in [-0.05, 0) is 36.1 Å². The maximum absolute atomic E-state index is 12.1. The van der Waals surface area contributed by atoms with Gasteiger partial charge in [0.15, 0.2) is 0 Å². The van der Waals surface area contributed by atoms with Crippen LogP contribution in [0.15, 0.2) is 41.8 Å². The average Bonchev–Trinajstić information content (AvgIpc) is 3.00. The lowest BCUT2D eigenvalue weighted by atomic mass is 10.1. The number of rotatable bonds is 5. The van der Waals surface area contributed by atoms with Crippen LogP contribution in [0.25, 0.3) is 0 Å². The molecule has 0 aliphatic heterocycles. The molecular weight excluding hydrogens is 272 g/mol. The van der Waals surface area contributed by atoms with E-state index in [1.54, 1.807) is 7.11 Å². The molecule has 1 heterocycles. The van der Waals surface area contributed by atoms with E-state index in [2.05, 4.69) is 5.32 Å². The molecule has 5 heteroatoms. The molecule has 0 saturated heterocycles. The van der Waals surface area contributed by atoms with Crippen LogP contribution in [0.5, 0.6) is 5.75 Å². The number of carbonyl (C=O) groups is 1. The minimum Gasteiger partial charge on any atom is -0.497 e. The second-order valence-corrected chi connectivity index (χ2v) is 5.48. The molecule has 2 atom stereocenters. The van der Waals surface area contributed by atoms with Crippen molar-refractivity contribution in [2.75, 3.05) is 7.11 Å². The number of ether oxygens (including phenoxy) is 1. The third-order valence-corrected chi connectivity index (χ3v) is 4.06. The zero-order valence-corrected chi connectivity index (χ0v) is 12.3. The van der Waals surface area contributed by atoms with Crippen molar-refractivity contribution in [1.82, 2.24) is 5.32 Å². The summed E-state index contributed by atoms with van der Waals surface area (Å²) in [5, 5.41) is 4.84. The Kier molecular flexibility index (Phi) is 4.76. The average molecular weight is 290 g/mol. The molecule has 4 nitrogen and oxygen atoms in total. The molecule has 1 aromatic heterocycles. The molecule has 1 amide bonds. The fourth-order valence-corrected chi connectivity index (χ4v) is 2.60. The smallest absolute Gasteiger partial charge is 0.242 e. The SMILES string of the molecule is COc1ccc(C(C)NC(=O)C(N)c2cccs2)cc1. The Labute approximate surface area is 122 Å². The molecule has 106 valence electrons. The zero-order valence-electron chi connectivity index (χ0n) is 11.5. The number of benzene rings is 1. The van der Waals surface area contributed by atoms with Gasteiger partial charge in [0.1, 0.15) is 11.8 Å². The van der Waals surface area contributed by atoms with Crippen LogP contribution in [0.2, 0.25) is 0 Å². The Morgan fingerprint density at radius 1 is 1.30 bits per heavy atom. The highest BCUT2D eigenvalue weighted by molar-refractivity contribution is 7.10. The van der Waals surface area contributed by atoms with Gasteiger partial charge in [-0.1, -0.05) is 18.2 Å². The number of hydrogen-bond acceptors (Lipinski definition) is 4. The summed E-state index contributed by atoms with van der Waals surface area (Å²) in [7, 11) is 1.63. The summed E-state index contributed by atoms with van der Waals surface area (Å²) < 4.78 is 5.11. The summed E-state index contributed by atoms with van der Waals surface area (Å²) in [5.74, 6) is 0.623. The minimum absolute atomic E-state index is 0.0978. The van der Waals surface area contributed by atoms with Gasteiger partial charge in [0, 0.05) is 4.88 Å². The quantitative estimate of drug-likeness (QED) is 0.889. The Balaban J connectivity index is 1.99. The van der Waals surface area contributed by atoms with Crippen molar-refractivity contribution < 1.29 is 9.53 Å². The number of hydrogen-bond donors (Lipinski definition) is 2. The fourth-order valence-electron chi connectivity index (χ4n) is 1.88. The van der Waals surface area contributed by atoms with E-state index in [1.807, 2.05) is 48.7 Å². The Morgan fingerprint density at radius 2 is 2.00 bits per heavy atom. The number of methoxy groups -OCH3 is 1. The lowest BCUT2D eigenvalue weighted by Crippen LogP contribution is -2.35. The van der Waals surface area contributed by atoms with E-state index in [0.717, 1.165) is 16.2 Å². The number of thiophene rings is 1. The van der Waals surface area contributed by atoms with Crippen molar-refractivity contribution in [2.45, 2.75) is 19.0 Å². The molecule has 0 aliphatic carbocycles. The van der Waals surface area contributed by atoms with Gasteiger partial charge >= 0.3 is 0 Å². The van der Waals surface area contributed by atoms with Gasteiger partial charge < -0.3 is 15.8 Å². The van der Waals surface area contributed by atoms with Gasteiger partial charge in [0.2, 0.25) is 5.91 Å². The summed E-state index contributed by atoms with van der Waals surface area (Å²) in [5.41, 5.74) is 6.94. The van der Waals surface area contributed by atoms with Crippen LogP contribution < -0.4 is 15.8 Å². The predicted molar refractivity (Wildman–Crippen MR) is 80.8 cm³/mol. The van der Waals surface area contributed by atoms with Crippen molar-refractivity contribution >= 4 is 17.2 Å². The monoisotopic (exact) mass is 290 g/mol. The molecule has 0 spiro atoms. The highest BCUT2D eigenvalue weighted by atomic mass is 32.1. The van der Waals surface area contributed by atoms with Gasteiger partial charge in [-0.2, -0.15) is 0 Å². The van der Waals surface area contributed by atoms with Crippen molar-refractivity contribution in [3.05, 3.63) is 52.2 Å². The molecule has 0 radical (unpaired) electrons.